The molecule has 2 fully saturated rings. The predicted molar refractivity (Wildman–Crippen MR) is 118 cm³/mol. The first-order valence-corrected chi connectivity index (χ1v) is 11.2. The summed E-state index contributed by atoms with van der Waals surface area (Å²) in [6, 6.07) is 14.0. The maximum Gasteiger partial charge on any atom is 0.309 e. The monoisotopic (exact) mass is 422 g/mol. The summed E-state index contributed by atoms with van der Waals surface area (Å²) in [6.07, 6.45) is 3.22. The van der Waals surface area contributed by atoms with Gasteiger partial charge in [-0.2, -0.15) is 0 Å². The van der Waals surface area contributed by atoms with Crippen molar-refractivity contribution in [2.45, 2.75) is 32.6 Å². The molecule has 7 nitrogen and oxygen atoms in total. The second-order valence-corrected chi connectivity index (χ2v) is 8.28. The lowest BCUT2D eigenvalue weighted by Crippen LogP contribution is -2.48. The van der Waals surface area contributed by atoms with Crippen LogP contribution in [0.2, 0.25) is 0 Å². The Balaban J connectivity index is 1.34. The number of hydrogen-bond donors (Lipinski definition) is 0. The van der Waals surface area contributed by atoms with E-state index in [1.807, 2.05) is 54.3 Å². The largest absolute Gasteiger partial charge is 0.466 e. The van der Waals surface area contributed by atoms with Gasteiger partial charge in [-0.25, -0.2) is 0 Å². The van der Waals surface area contributed by atoms with Crippen LogP contribution in [-0.4, -0.2) is 59.8 Å². The van der Waals surface area contributed by atoms with Crippen LogP contribution in [0, 0.1) is 11.8 Å². The summed E-state index contributed by atoms with van der Waals surface area (Å²) < 4.78 is 5.13. The number of amides is 1. The van der Waals surface area contributed by atoms with Gasteiger partial charge in [-0.3, -0.25) is 9.59 Å². The molecule has 0 bridgehead atoms. The van der Waals surface area contributed by atoms with Crippen LogP contribution in [0.15, 0.2) is 42.5 Å². The van der Waals surface area contributed by atoms with Crippen molar-refractivity contribution in [2.75, 3.05) is 37.7 Å². The van der Waals surface area contributed by atoms with Crippen LogP contribution >= 0.6 is 0 Å². The lowest BCUT2D eigenvalue weighted by molar-refractivity contribution is -0.151. The Kier molecular flexibility index (Phi) is 6.79. The number of aromatic nitrogens is 2. The van der Waals surface area contributed by atoms with Crippen molar-refractivity contribution in [2.24, 2.45) is 11.8 Å². The van der Waals surface area contributed by atoms with Crippen LogP contribution in [0.5, 0.6) is 0 Å². The van der Waals surface area contributed by atoms with Crippen molar-refractivity contribution < 1.29 is 14.3 Å². The summed E-state index contributed by atoms with van der Waals surface area (Å²) in [4.78, 5) is 29.2. The van der Waals surface area contributed by atoms with Crippen molar-refractivity contribution >= 4 is 17.7 Å². The fourth-order valence-corrected chi connectivity index (χ4v) is 4.50. The molecule has 2 aromatic rings. The molecule has 2 aliphatic heterocycles. The third-order valence-electron chi connectivity index (χ3n) is 6.24. The van der Waals surface area contributed by atoms with Gasteiger partial charge in [0.1, 0.15) is 0 Å². The van der Waals surface area contributed by atoms with E-state index in [2.05, 4.69) is 15.1 Å². The molecule has 1 aromatic heterocycles. The fraction of sp³-hybridized carbons (Fsp3) is 0.500. The van der Waals surface area contributed by atoms with Crippen LogP contribution < -0.4 is 4.90 Å². The molecule has 31 heavy (non-hydrogen) atoms. The maximum absolute atomic E-state index is 13.1. The Morgan fingerprint density at radius 2 is 1.74 bits per heavy atom. The molecule has 0 aliphatic carbocycles. The van der Waals surface area contributed by atoms with E-state index >= 15 is 0 Å². The zero-order valence-electron chi connectivity index (χ0n) is 18.1. The molecule has 3 heterocycles. The van der Waals surface area contributed by atoms with Gasteiger partial charge in [-0.1, -0.05) is 30.3 Å². The molecule has 2 saturated heterocycles. The molecule has 4 rings (SSSR count). The highest BCUT2D eigenvalue weighted by molar-refractivity contribution is 5.80. The summed E-state index contributed by atoms with van der Waals surface area (Å²) in [5.74, 6) is 0.767. The van der Waals surface area contributed by atoms with E-state index in [9.17, 15) is 9.59 Å². The van der Waals surface area contributed by atoms with E-state index in [1.165, 1.54) is 0 Å². The number of likely N-dealkylation sites (tertiary alicyclic amines) is 1. The van der Waals surface area contributed by atoms with E-state index in [1.54, 1.807) is 0 Å². The topological polar surface area (TPSA) is 75.6 Å². The SMILES string of the molecule is CCOC(=O)C1CCN(C(=O)C2CCCN(c3ccc(-c4ccccc4)nn3)C2)CC1. The average molecular weight is 423 g/mol. The van der Waals surface area contributed by atoms with Crippen molar-refractivity contribution in [3.05, 3.63) is 42.5 Å². The number of piperidine rings is 2. The first-order valence-electron chi connectivity index (χ1n) is 11.2. The highest BCUT2D eigenvalue weighted by Crippen LogP contribution is 2.26. The van der Waals surface area contributed by atoms with Crippen LogP contribution in [0.4, 0.5) is 5.82 Å². The average Bonchev–Trinajstić information content (AvgIpc) is 2.84. The number of hydrogen-bond acceptors (Lipinski definition) is 6. The highest BCUT2D eigenvalue weighted by Gasteiger charge is 2.33. The molecule has 7 heteroatoms. The number of rotatable bonds is 5. The second kappa shape index (κ2) is 9.90. The molecule has 1 atom stereocenters. The van der Waals surface area contributed by atoms with Gasteiger partial charge in [0.2, 0.25) is 5.91 Å². The molecule has 0 radical (unpaired) electrons. The van der Waals surface area contributed by atoms with Crippen LogP contribution in [-0.2, 0) is 14.3 Å². The molecule has 2 aliphatic rings. The van der Waals surface area contributed by atoms with Gasteiger partial charge in [0.25, 0.3) is 0 Å². The first kappa shape index (κ1) is 21.3. The zero-order chi connectivity index (χ0) is 21.6. The molecule has 0 saturated carbocycles. The van der Waals surface area contributed by atoms with E-state index in [4.69, 9.17) is 4.74 Å². The summed E-state index contributed by atoms with van der Waals surface area (Å²) in [6.45, 7) is 5.04. The van der Waals surface area contributed by atoms with Gasteiger partial charge in [-0.05, 0) is 44.7 Å². The molecule has 0 spiro atoms. The molecule has 1 amide bonds. The third kappa shape index (κ3) is 5.03. The Morgan fingerprint density at radius 3 is 2.42 bits per heavy atom. The highest BCUT2D eigenvalue weighted by atomic mass is 16.5. The summed E-state index contributed by atoms with van der Waals surface area (Å²) in [5, 5.41) is 8.82. The van der Waals surface area contributed by atoms with Gasteiger partial charge in [0.05, 0.1) is 24.1 Å². The lowest BCUT2D eigenvalue weighted by atomic mass is 9.93. The summed E-state index contributed by atoms with van der Waals surface area (Å²) in [7, 11) is 0. The van der Waals surface area contributed by atoms with Crippen LogP contribution in [0.3, 0.4) is 0 Å². The Hall–Kier alpha value is -2.96. The molecule has 1 aromatic carbocycles. The molecule has 164 valence electrons. The van der Waals surface area contributed by atoms with Crippen molar-refractivity contribution in [3.8, 4) is 11.3 Å². The number of nitrogens with zero attached hydrogens (tertiary/aromatic N) is 4. The standard InChI is InChI=1S/C24H30N4O3/c1-2-31-24(30)19-12-15-27(16-13-19)23(29)20-9-6-14-28(17-20)22-11-10-21(25-26-22)18-7-4-3-5-8-18/h3-5,7-8,10-11,19-20H,2,6,9,12-17H2,1H3. The van der Waals surface area contributed by atoms with Gasteiger partial charge >= 0.3 is 5.97 Å². The Morgan fingerprint density at radius 1 is 0.968 bits per heavy atom. The normalized spacial score (nSPS) is 19.8. The fourth-order valence-electron chi connectivity index (χ4n) is 4.50. The van der Waals surface area contributed by atoms with Gasteiger partial charge in [0.15, 0.2) is 5.82 Å². The van der Waals surface area contributed by atoms with Gasteiger partial charge < -0.3 is 14.5 Å². The van der Waals surface area contributed by atoms with Crippen LogP contribution in [0.1, 0.15) is 32.6 Å². The summed E-state index contributed by atoms with van der Waals surface area (Å²) in [5.41, 5.74) is 1.89. The van der Waals surface area contributed by atoms with Crippen molar-refractivity contribution in [3.63, 3.8) is 0 Å². The van der Waals surface area contributed by atoms with Gasteiger partial charge in [-0.15, -0.1) is 10.2 Å². The smallest absolute Gasteiger partial charge is 0.309 e. The Labute approximate surface area is 183 Å². The zero-order valence-corrected chi connectivity index (χ0v) is 18.1. The number of esters is 1. The number of ether oxygens (including phenoxy) is 1. The maximum atomic E-state index is 13.1. The minimum Gasteiger partial charge on any atom is -0.466 e. The number of carbonyl (C=O) groups excluding carboxylic acids is 2. The predicted octanol–water partition coefficient (Wildman–Crippen LogP) is 3.16. The lowest BCUT2D eigenvalue weighted by Gasteiger charge is -2.37. The second-order valence-electron chi connectivity index (χ2n) is 8.28. The first-order chi connectivity index (χ1) is 15.2. The minimum atomic E-state index is -0.129. The van der Waals surface area contributed by atoms with E-state index < -0.39 is 0 Å². The van der Waals surface area contributed by atoms with Crippen molar-refractivity contribution in [1.82, 2.24) is 15.1 Å². The number of carbonyl (C=O) groups is 2. The molecular formula is C24H30N4O3. The van der Waals surface area contributed by atoms with E-state index in [-0.39, 0.29) is 23.7 Å². The minimum absolute atomic E-state index is 0.0384. The molecule has 1 unspecified atom stereocenters. The summed E-state index contributed by atoms with van der Waals surface area (Å²) >= 11 is 0. The van der Waals surface area contributed by atoms with Gasteiger partial charge in [0, 0.05) is 31.7 Å². The van der Waals surface area contributed by atoms with Crippen molar-refractivity contribution in [1.29, 1.82) is 0 Å². The van der Waals surface area contributed by atoms with E-state index in [0.29, 0.717) is 39.1 Å². The Bertz CT molecular complexity index is 879. The molecule has 0 N–H and O–H groups in total. The van der Waals surface area contributed by atoms with Crippen LogP contribution in [0.25, 0.3) is 11.3 Å². The third-order valence-corrected chi connectivity index (χ3v) is 6.24. The molecular weight excluding hydrogens is 392 g/mol. The quantitative estimate of drug-likeness (QED) is 0.689. The van der Waals surface area contributed by atoms with E-state index in [0.717, 1.165) is 36.5 Å². The number of anilines is 1. The number of benzene rings is 1.